The Kier molecular flexibility index (Phi) is 7.03. The molecule has 5 nitrogen and oxygen atoms in total. The van der Waals surface area contributed by atoms with Crippen molar-refractivity contribution >= 4 is 75.1 Å². The van der Waals surface area contributed by atoms with Crippen molar-refractivity contribution < 1.29 is 0 Å². The van der Waals surface area contributed by atoms with Crippen molar-refractivity contribution in [3.8, 4) is 45.5 Å². The third-order valence-corrected chi connectivity index (χ3v) is 12.4. The van der Waals surface area contributed by atoms with Crippen LogP contribution in [0.25, 0.3) is 109 Å². The molecule has 0 aliphatic carbocycles. The van der Waals surface area contributed by atoms with Crippen molar-refractivity contribution in [1.82, 2.24) is 24.1 Å². The second-order valence-corrected chi connectivity index (χ2v) is 15.5. The van der Waals surface area contributed by atoms with Crippen LogP contribution in [0, 0.1) is 0 Å². The molecule has 0 bridgehead atoms. The van der Waals surface area contributed by atoms with Crippen molar-refractivity contribution in [3.05, 3.63) is 188 Å². The predicted molar refractivity (Wildman–Crippen MR) is 238 cm³/mol. The zero-order valence-corrected chi connectivity index (χ0v) is 31.4. The minimum Gasteiger partial charge on any atom is -0.278 e. The standard InChI is InChI=1S/C51H31N5S/c1-6-16-43-37(11-1)38-12-2-7-17-44(38)55(43)50-52-49(53-51(54-50)56-45-18-8-3-13-39(45)40-14-4-9-19-46(40)56)35-27-25-33(26-28-35)32-21-23-34(24-22-32)36-29-30-48-42(31-36)41-15-5-10-20-47(41)57-48/h1-31H. The quantitative estimate of drug-likeness (QED) is 0.176. The zero-order chi connectivity index (χ0) is 37.5. The Morgan fingerprint density at radius 2 is 0.667 bits per heavy atom. The van der Waals surface area contributed by atoms with Crippen molar-refractivity contribution in [2.24, 2.45) is 0 Å². The molecule has 0 saturated carbocycles. The minimum absolute atomic E-state index is 0.572. The molecule has 0 unspecified atom stereocenters. The summed E-state index contributed by atoms with van der Waals surface area (Å²) in [7, 11) is 0. The van der Waals surface area contributed by atoms with Gasteiger partial charge in [0.2, 0.25) is 11.9 Å². The maximum absolute atomic E-state index is 5.28. The summed E-state index contributed by atoms with van der Waals surface area (Å²) in [6.07, 6.45) is 0. The highest BCUT2D eigenvalue weighted by Gasteiger charge is 2.20. The third kappa shape index (κ3) is 5.04. The van der Waals surface area contributed by atoms with Gasteiger partial charge in [-0.3, -0.25) is 9.13 Å². The summed E-state index contributed by atoms with van der Waals surface area (Å²) >= 11 is 1.85. The van der Waals surface area contributed by atoms with Crippen LogP contribution in [0.2, 0.25) is 0 Å². The highest BCUT2D eigenvalue weighted by atomic mass is 32.1. The number of fused-ring (bicyclic) bond motifs is 9. The van der Waals surface area contributed by atoms with Crippen LogP contribution in [0.5, 0.6) is 0 Å². The van der Waals surface area contributed by atoms with Gasteiger partial charge in [0.15, 0.2) is 5.82 Å². The van der Waals surface area contributed by atoms with Crippen LogP contribution >= 0.6 is 11.3 Å². The first-order valence-electron chi connectivity index (χ1n) is 19.1. The molecule has 0 aliphatic heterocycles. The monoisotopic (exact) mass is 745 g/mol. The highest BCUT2D eigenvalue weighted by Crippen LogP contribution is 2.38. The molecule has 0 saturated heterocycles. The Morgan fingerprint density at radius 1 is 0.298 bits per heavy atom. The van der Waals surface area contributed by atoms with E-state index < -0.39 is 0 Å². The fourth-order valence-corrected chi connectivity index (χ4v) is 9.62. The van der Waals surface area contributed by atoms with E-state index in [1.165, 1.54) is 31.3 Å². The van der Waals surface area contributed by atoms with E-state index in [0.29, 0.717) is 17.7 Å². The molecule has 12 aromatic rings. The Labute approximate surface area is 331 Å². The number of para-hydroxylation sites is 4. The van der Waals surface area contributed by atoms with Gasteiger partial charge in [-0.1, -0.05) is 146 Å². The van der Waals surface area contributed by atoms with E-state index in [1.54, 1.807) is 0 Å². The zero-order valence-electron chi connectivity index (χ0n) is 30.5. The molecule has 6 heteroatoms. The fourth-order valence-electron chi connectivity index (χ4n) is 8.53. The molecule has 0 aliphatic rings. The number of nitrogens with zero attached hydrogens (tertiary/aromatic N) is 5. The molecule has 0 N–H and O–H groups in total. The van der Waals surface area contributed by atoms with Crippen LogP contribution in [0.4, 0.5) is 0 Å². The molecule has 0 amide bonds. The van der Waals surface area contributed by atoms with E-state index in [0.717, 1.165) is 60.3 Å². The van der Waals surface area contributed by atoms with Crippen LogP contribution in [0.15, 0.2) is 188 Å². The summed E-state index contributed by atoms with van der Waals surface area (Å²) in [4.78, 5) is 15.7. The highest BCUT2D eigenvalue weighted by molar-refractivity contribution is 7.25. The fraction of sp³-hybridized carbons (Fsp3) is 0. The lowest BCUT2D eigenvalue weighted by atomic mass is 9.98. The second-order valence-electron chi connectivity index (χ2n) is 14.5. The van der Waals surface area contributed by atoms with Gasteiger partial charge in [-0.2, -0.15) is 15.0 Å². The number of hydrogen-bond donors (Lipinski definition) is 0. The van der Waals surface area contributed by atoms with Crippen LogP contribution in [-0.2, 0) is 0 Å². The maximum Gasteiger partial charge on any atom is 0.240 e. The van der Waals surface area contributed by atoms with Gasteiger partial charge in [0.1, 0.15) is 0 Å². The van der Waals surface area contributed by atoms with Crippen molar-refractivity contribution in [2.75, 3.05) is 0 Å². The lowest BCUT2D eigenvalue weighted by Crippen LogP contribution is -2.10. The molecule has 12 rings (SSSR count). The van der Waals surface area contributed by atoms with E-state index in [4.69, 9.17) is 15.0 Å². The van der Waals surface area contributed by atoms with Crippen LogP contribution in [-0.4, -0.2) is 24.1 Å². The third-order valence-electron chi connectivity index (χ3n) is 11.2. The Balaban J connectivity index is 0.978. The predicted octanol–water partition coefficient (Wildman–Crippen LogP) is 13.4. The Morgan fingerprint density at radius 3 is 1.16 bits per heavy atom. The van der Waals surface area contributed by atoms with E-state index in [9.17, 15) is 0 Å². The van der Waals surface area contributed by atoms with E-state index in [-0.39, 0.29) is 0 Å². The molecule has 0 fully saturated rings. The summed E-state index contributed by atoms with van der Waals surface area (Å²) in [6.45, 7) is 0. The lowest BCUT2D eigenvalue weighted by molar-refractivity contribution is 0.893. The molecular formula is C51H31N5S. The number of benzene rings is 8. The first-order valence-corrected chi connectivity index (χ1v) is 19.9. The molecule has 57 heavy (non-hydrogen) atoms. The molecule has 4 aromatic heterocycles. The van der Waals surface area contributed by atoms with Gasteiger partial charge in [-0.15, -0.1) is 11.3 Å². The Hall–Kier alpha value is -7.41. The van der Waals surface area contributed by atoms with Crippen LogP contribution < -0.4 is 0 Å². The number of aromatic nitrogens is 5. The van der Waals surface area contributed by atoms with Gasteiger partial charge >= 0.3 is 0 Å². The molecular weight excluding hydrogens is 715 g/mol. The first kappa shape index (κ1) is 31.9. The Bertz CT molecular complexity index is 3280. The van der Waals surface area contributed by atoms with Gasteiger partial charge in [0.25, 0.3) is 0 Å². The van der Waals surface area contributed by atoms with Gasteiger partial charge in [-0.25, -0.2) is 0 Å². The van der Waals surface area contributed by atoms with E-state index in [1.807, 2.05) is 11.3 Å². The van der Waals surface area contributed by atoms with E-state index in [2.05, 4.69) is 197 Å². The van der Waals surface area contributed by atoms with Gasteiger partial charge in [0, 0.05) is 47.3 Å². The number of rotatable bonds is 5. The van der Waals surface area contributed by atoms with Crippen LogP contribution in [0.3, 0.4) is 0 Å². The van der Waals surface area contributed by atoms with E-state index >= 15 is 0 Å². The average molecular weight is 746 g/mol. The molecule has 0 spiro atoms. The summed E-state index contributed by atoms with van der Waals surface area (Å²) in [5, 5.41) is 7.26. The summed E-state index contributed by atoms with van der Waals surface area (Å²) in [6, 6.07) is 66.8. The number of thiophene rings is 1. The SMILES string of the molecule is c1ccc2c(c1)sc1ccc(-c3ccc(-c4ccc(-c5nc(-n6c7ccccc7c7ccccc76)nc(-n6c7ccccc7c7ccccc76)n5)cc4)cc3)cc12. The molecule has 0 radical (unpaired) electrons. The smallest absolute Gasteiger partial charge is 0.240 e. The van der Waals surface area contributed by atoms with Crippen molar-refractivity contribution in [2.45, 2.75) is 0 Å². The lowest BCUT2D eigenvalue weighted by Gasteiger charge is -2.13. The molecule has 4 heterocycles. The van der Waals surface area contributed by atoms with Gasteiger partial charge in [-0.05, 0) is 64.7 Å². The second kappa shape index (κ2) is 12.6. The summed E-state index contributed by atoms with van der Waals surface area (Å²) < 4.78 is 6.98. The number of hydrogen-bond acceptors (Lipinski definition) is 4. The molecule has 8 aromatic carbocycles. The minimum atomic E-state index is 0.572. The van der Waals surface area contributed by atoms with Crippen LogP contribution in [0.1, 0.15) is 0 Å². The first-order chi connectivity index (χ1) is 28.2. The largest absolute Gasteiger partial charge is 0.278 e. The van der Waals surface area contributed by atoms with Crippen molar-refractivity contribution in [3.63, 3.8) is 0 Å². The molecule has 266 valence electrons. The molecule has 0 atom stereocenters. The maximum atomic E-state index is 5.28. The van der Waals surface area contributed by atoms with Gasteiger partial charge < -0.3 is 0 Å². The van der Waals surface area contributed by atoms with Gasteiger partial charge in [0.05, 0.1) is 22.1 Å². The summed E-state index contributed by atoms with van der Waals surface area (Å²) in [5.41, 5.74) is 9.81. The summed E-state index contributed by atoms with van der Waals surface area (Å²) in [5.74, 6) is 1.75. The normalized spacial score (nSPS) is 11.9. The van der Waals surface area contributed by atoms with Crippen molar-refractivity contribution in [1.29, 1.82) is 0 Å². The average Bonchev–Trinajstić information content (AvgIpc) is 3.94. The topological polar surface area (TPSA) is 48.5 Å².